The molecule has 0 aliphatic heterocycles. The zero-order valence-electron chi connectivity index (χ0n) is 20.3. The van der Waals surface area contributed by atoms with Crippen molar-refractivity contribution in [3.63, 3.8) is 0 Å². The average molecular weight is 484 g/mol. The summed E-state index contributed by atoms with van der Waals surface area (Å²) in [6.45, 7) is 6.77. The molecule has 0 saturated heterocycles. The van der Waals surface area contributed by atoms with E-state index in [1.165, 1.54) is 15.5 Å². The van der Waals surface area contributed by atoms with E-state index in [4.69, 9.17) is 0 Å². The number of rotatable bonds is 8. The van der Waals surface area contributed by atoms with Gasteiger partial charge in [-0.2, -0.15) is 0 Å². The fourth-order valence-corrected chi connectivity index (χ4v) is 5.77. The number of thiophene rings is 1. The normalized spacial score (nSPS) is 12.6. The Bertz CT molecular complexity index is 1540. The number of aromatic nitrogens is 3. The van der Waals surface area contributed by atoms with Gasteiger partial charge in [0.25, 0.3) is 0 Å². The summed E-state index contributed by atoms with van der Waals surface area (Å²) in [5.41, 5.74) is 0.928. The Morgan fingerprint density at radius 2 is 1.66 bits per heavy atom. The van der Waals surface area contributed by atoms with Crippen LogP contribution in [0.15, 0.2) is 77.6 Å². The number of hydrogen-bond donors (Lipinski definition) is 0. The van der Waals surface area contributed by atoms with Crippen LogP contribution in [-0.4, -0.2) is 20.1 Å². The van der Waals surface area contributed by atoms with Gasteiger partial charge in [0.05, 0.1) is 4.88 Å². The fraction of sp³-hybridized carbons (Fsp3) is 0.276. The molecule has 5 aromatic rings. The van der Waals surface area contributed by atoms with Gasteiger partial charge in [-0.1, -0.05) is 81.4 Å². The summed E-state index contributed by atoms with van der Waals surface area (Å²) in [6.07, 6.45) is 0.357. The van der Waals surface area contributed by atoms with Crippen molar-refractivity contribution in [3.05, 3.63) is 88.8 Å². The first-order chi connectivity index (χ1) is 16.9. The Kier molecular flexibility index (Phi) is 6.39. The van der Waals surface area contributed by atoms with E-state index in [0.717, 1.165) is 20.5 Å². The summed E-state index contributed by atoms with van der Waals surface area (Å²) in [7, 11) is 0. The zero-order chi connectivity index (χ0) is 24.5. The second-order valence-electron chi connectivity index (χ2n) is 9.63. The van der Waals surface area contributed by atoms with Gasteiger partial charge in [0, 0.05) is 17.7 Å². The van der Waals surface area contributed by atoms with Gasteiger partial charge in [-0.15, -0.1) is 16.4 Å². The van der Waals surface area contributed by atoms with Gasteiger partial charge >= 0.3 is 5.69 Å². The Hall–Kier alpha value is -3.51. The molecule has 0 amide bonds. The van der Waals surface area contributed by atoms with Crippen molar-refractivity contribution in [2.24, 2.45) is 5.92 Å². The highest BCUT2D eigenvalue weighted by Gasteiger charge is 2.21. The van der Waals surface area contributed by atoms with Crippen LogP contribution >= 0.6 is 11.3 Å². The van der Waals surface area contributed by atoms with Gasteiger partial charge in [-0.05, 0) is 45.7 Å². The topological polar surface area (TPSA) is 56.9 Å². The first-order valence-corrected chi connectivity index (χ1v) is 12.9. The molecule has 0 aliphatic carbocycles. The molecule has 0 bridgehead atoms. The summed E-state index contributed by atoms with van der Waals surface area (Å²) in [6, 6.07) is 24.7. The van der Waals surface area contributed by atoms with Crippen molar-refractivity contribution in [1.29, 1.82) is 0 Å². The maximum Gasteiger partial charge on any atom is 0.346 e. The number of Topliss-reactive ketones (excluding diaryl/α,β-unsaturated/α-hetero) is 1. The summed E-state index contributed by atoms with van der Waals surface area (Å²) in [4.78, 5) is 27.3. The summed E-state index contributed by atoms with van der Waals surface area (Å²) >= 11 is 1.62. The molecule has 2 aromatic heterocycles. The predicted molar refractivity (Wildman–Crippen MR) is 144 cm³/mol. The van der Waals surface area contributed by atoms with Crippen molar-refractivity contribution >= 4 is 38.0 Å². The minimum Gasteiger partial charge on any atom is -0.298 e. The summed E-state index contributed by atoms with van der Waals surface area (Å²) in [5.74, 6) is 0.967. The molecule has 2 heterocycles. The number of ketones is 1. The molecule has 6 heteroatoms. The van der Waals surface area contributed by atoms with E-state index in [-0.39, 0.29) is 29.9 Å². The lowest BCUT2D eigenvalue weighted by molar-refractivity contribution is -0.120. The molecule has 0 unspecified atom stereocenters. The minimum atomic E-state index is -0.225. The Morgan fingerprint density at radius 3 is 2.43 bits per heavy atom. The van der Waals surface area contributed by atoms with Gasteiger partial charge in [0.15, 0.2) is 11.6 Å². The number of carbonyl (C=O) groups is 1. The van der Waals surface area contributed by atoms with Crippen LogP contribution in [0.25, 0.3) is 31.6 Å². The third kappa shape index (κ3) is 4.71. The van der Waals surface area contributed by atoms with Crippen molar-refractivity contribution in [3.8, 4) is 10.7 Å². The number of hydrogen-bond acceptors (Lipinski definition) is 4. The molecule has 0 aliphatic rings. The average Bonchev–Trinajstić information content (AvgIpc) is 3.40. The molecule has 5 nitrogen and oxygen atoms in total. The highest BCUT2D eigenvalue weighted by molar-refractivity contribution is 7.22. The standard InChI is InChI=1S/C29H29N3O2S/c1-19(2)17-31-28(27-16-22-10-5-7-14-26(22)35-27)30-32(29(31)34)18-23(33)15-20(3)24-13-8-11-21-9-4-6-12-25(21)24/h4-14,16,19-20H,15,17-18H2,1-3H3/t20-/m1/s1. The van der Waals surface area contributed by atoms with Crippen LogP contribution in [0.2, 0.25) is 0 Å². The molecule has 0 fully saturated rings. The number of fused-ring (bicyclic) bond motifs is 2. The van der Waals surface area contributed by atoms with E-state index in [1.54, 1.807) is 15.9 Å². The maximum atomic E-state index is 13.3. The maximum absolute atomic E-state index is 13.3. The lowest BCUT2D eigenvalue weighted by Gasteiger charge is -2.14. The van der Waals surface area contributed by atoms with E-state index < -0.39 is 0 Å². The minimum absolute atomic E-state index is 0.00428. The van der Waals surface area contributed by atoms with Crippen LogP contribution in [0.1, 0.15) is 38.7 Å². The highest BCUT2D eigenvalue weighted by atomic mass is 32.1. The van der Waals surface area contributed by atoms with Crippen LogP contribution in [-0.2, 0) is 17.9 Å². The molecular formula is C29H29N3O2S. The summed E-state index contributed by atoms with van der Waals surface area (Å²) in [5, 5.41) is 8.12. The Balaban J connectivity index is 1.42. The molecule has 3 aromatic carbocycles. The molecule has 0 saturated carbocycles. The Labute approximate surface area is 208 Å². The first-order valence-electron chi connectivity index (χ1n) is 12.1. The molecule has 1 atom stereocenters. The highest BCUT2D eigenvalue weighted by Crippen LogP contribution is 2.32. The van der Waals surface area contributed by atoms with E-state index in [9.17, 15) is 9.59 Å². The number of nitrogens with zero attached hydrogens (tertiary/aromatic N) is 3. The molecule has 0 N–H and O–H groups in total. The van der Waals surface area contributed by atoms with E-state index >= 15 is 0 Å². The quantitative estimate of drug-likeness (QED) is 0.253. The third-order valence-corrected chi connectivity index (χ3v) is 7.44. The lowest BCUT2D eigenvalue weighted by Crippen LogP contribution is -2.29. The summed E-state index contributed by atoms with van der Waals surface area (Å²) < 4.78 is 4.22. The van der Waals surface area contributed by atoms with E-state index in [0.29, 0.717) is 18.8 Å². The molecule has 5 rings (SSSR count). The molecule has 178 valence electrons. The second kappa shape index (κ2) is 9.62. The second-order valence-corrected chi connectivity index (χ2v) is 10.7. The smallest absolute Gasteiger partial charge is 0.298 e. The van der Waals surface area contributed by atoms with Crippen LogP contribution in [0, 0.1) is 5.92 Å². The van der Waals surface area contributed by atoms with Crippen molar-refractivity contribution in [2.75, 3.05) is 0 Å². The SMILES string of the molecule is CC(C)Cn1c(-c2cc3ccccc3s2)nn(CC(=O)C[C@@H](C)c2cccc3ccccc23)c1=O. The van der Waals surface area contributed by atoms with Crippen molar-refractivity contribution < 1.29 is 4.79 Å². The van der Waals surface area contributed by atoms with Gasteiger partial charge in [-0.25, -0.2) is 9.48 Å². The molecule has 0 spiro atoms. The first kappa shape index (κ1) is 23.2. The van der Waals surface area contributed by atoms with Gasteiger partial charge in [0.2, 0.25) is 0 Å². The van der Waals surface area contributed by atoms with Gasteiger partial charge < -0.3 is 0 Å². The van der Waals surface area contributed by atoms with Crippen molar-refractivity contribution in [2.45, 2.75) is 46.2 Å². The van der Waals surface area contributed by atoms with Crippen LogP contribution in [0.4, 0.5) is 0 Å². The molecular weight excluding hydrogens is 454 g/mol. The Morgan fingerprint density at radius 1 is 0.943 bits per heavy atom. The monoisotopic (exact) mass is 483 g/mol. The number of benzene rings is 3. The van der Waals surface area contributed by atoms with Crippen LogP contribution < -0.4 is 5.69 Å². The van der Waals surface area contributed by atoms with E-state index in [2.05, 4.69) is 68.3 Å². The zero-order valence-corrected chi connectivity index (χ0v) is 21.1. The van der Waals surface area contributed by atoms with Crippen molar-refractivity contribution in [1.82, 2.24) is 14.3 Å². The van der Waals surface area contributed by atoms with Crippen LogP contribution in [0.5, 0.6) is 0 Å². The molecule has 0 radical (unpaired) electrons. The third-order valence-electron chi connectivity index (χ3n) is 6.33. The van der Waals surface area contributed by atoms with Gasteiger partial charge in [-0.3, -0.25) is 9.36 Å². The van der Waals surface area contributed by atoms with Crippen LogP contribution in [0.3, 0.4) is 0 Å². The predicted octanol–water partition coefficient (Wildman–Crippen LogP) is 6.50. The van der Waals surface area contributed by atoms with Gasteiger partial charge in [0.1, 0.15) is 6.54 Å². The largest absolute Gasteiger partial charge is 0.346 e. The molecule has 35 heavy (non-hydrogen) atoms. The lowest BCUT2D eigenvalue weighted by atomic mass is 9.91. The number of carbonyl (C=O) groups excluding carboxylic acids is 1. The van der Waals surface area contributed by atoms with E-state index in [1.807, 2.05) is 30.3 Å². The fourth-order valence-electron chi connectivity index (χ4n) is 4.71.